The predicted octanol–water partition coefficient (Wildman–Crippen LogP) is 1.21. The minimum atomic E-state index is -0.272. The number of aromatic nitrogens is 1. The Labute approximate surface area is 113 Å². The molecule has 0 fully saturated rings. The lowest BCUT2D eigenvalue weighted by Gasteiger charge is -2.29. The highest BCUT2D eigenvalue weighted by Gasteiger charge is 2.26. The van der Waals surface area contributed by atoms with Crippen LogP contribution in [-0.4, -0.2) is 29.1 Å². The van der Waals surface area contributed by atoms with Crippen molar-refractivity contribution in [1.82, 2.24) is 10.3 Å². The van der Waals surface area contributed by atoms with E-state index in [2.05, 4.69) is 10.3 Å². The molecule has 5 heteroatoms. The van der Waals surface area contributed by atoms with Crippen LogP contribution in [0.3, 0.4) is 0 Å². The van der Waals surface area contributed by atoms with E-state index in [0.717, 1.165) is 12.8 Å². The molecule has 0 atom stereocenters. The van der Waals surface area contributed by atoms with Gasteiger partial charge in [-0.3, -0.25) is 9.59 Å². The summed E-state index contributed by atoms with van der Waals surface area (Å²) < 4.78 is 0. The molecule has 106 valence electrons. The van der Waals surface area contributed by atoms with E-state index in [1.165, 1.54) is 12.3 Å². The Hall–Kier alpha value is -1.62. The summed E-state index contributed by atoms with van der Waals surface area (Å²) >= 11 is 0. The number of nitrogens with one attached hydrogen (secondary N) is 2. The van der Waals surface area contributed by atoms with E-state index in [9.17, 15) is 14.7 Å². The molecule has 1 amide bonds. The molecule has 0 aromatic carbocycles. The highest BCUT2D eigenvalue weighted by molar-refractivity contribution is 5.95. The van der Waals surface area contributed by atoms with Crippen LogP contribution in [0, 0.1) is 12.3 Å². The number of aliphatic hydroxyl groups is 1. The lowest BCUT2D eigenvalue weighted by atomic mass is 9.83. The monoisotopic (exact) mass is 266 g/mol. The molecular formula is C14H22N2O3. The summed E-state index contributed by atoms with van der Waals surface area (Å²) in [6.07, 6.45) is 3.02. The van der Waals surface area contributed by atoms with Gasteiger partial charge in [0.2, 0.25) is 5.56 Å². The number of aliphatic hydroxyl groups excluding tert-OH is 1. The molecule has 1 rings (SSSR count). The van der Waals surface area contributed by atoms with E-state index in [4.69, 9.17) is 0 Å². The van der Waals surface area contributed by atoms with Crippen molar-refractivity contribution in [2.24, 2.45) is 5.41 Å². The summed E-state index contributed by atoms with van der Waals surface area (Å²) in [6.45, 7) is 6.19. The normalized spacial score (nSPS) is 11.4. The third-order valence-corrected chi connectivity index (χ3v) is 3.84. The first-order chi connectivity index (χ1) is 8.98. The van der Waals surface area contributed by atoms with Gasteiger partial charge in [0, 0.05) is 24.2 Å². The first-order valence-electron chi connectivity index (χ1n) is 6.56. The molecule has 0 aliphatic heterocycles. The van der Waals surface area contributed by atoms with E-state index in [1.807, 2.05) is 13.8 Å². The fourth-order valence-electron chi connectivity index (χ4n) is 1.96. The number of aryl methyl sites for hydroxylation is 1. The van der Waals surface area contributed by atoms with E-state index < -0.39 is 0 Å². The van der Waals surface area contributed by atoms with Crippen molar-refractivity contribution < 1.29 is 9.90 Å². The molecule has 1 aromatic heterocycles. The Bertz CT molecular complexity index is 481. The van der Waals surface area contributed by atoms with Gasteiger partial charge in [0.1, 0.15) is 0 Å². The predicted molar refractivity (Wildman–Crippen MR) is 74.2 cm³/mol. The van der Waals surface area contributed by atoms with Crippen molar-refractivity contribution in [3.63, 3.8) is 0 Å². The second-order valence-electron chi connectivity index (χ2n) is 4.94. The molecule has 5 nitrogen and oxygen atoms in total. The van der Waals surface area contributed by atoms with Gasteiger partial charge in [-0.15, -0.1) is 0 Å². The molecule has 0 unspecified atom stereocenters. The number of amides is 1. The largest absolute Gasteiger partial charge is 0.396 e. The zero-order chi connectivity index (χ0) is 14.5. The van der Waals surface area contributed by atoms with Gasteiger partial charge in [0.05, 0.1) is 12.2 Å². The number of carbonyl (C=O) groups excluding carboxylic acids is 1. The topological polar surface area (TPSA) is 82.2 Å². The molecule has 0 bridgehead atoms. The molecular weight excluding hydrogens is 244 g/mol. The SMILES string of the molecule is CCC(CC)(CO)CNC(=O)c1c[nH]c(=O)cc1C. The summed E-state index contributed by atoms with van der Waals surface area (Å²) in [6, 6.07) is 1.40. The van der Waals surface area contributed by atoms with Crippen LogP contribution in [0.5, 0.6) is 0 Å². The lowest BCUT2D eigenvalue weighted by molar-refractivity contribution is 0.0850. The van der Waals surface area contributed by atoms with Crippen LogP contribution < -0.4 is 10.9 Å². The molecule has 1 heterocycles. The quantitative estimate of drug-likeness (QED) is 0.724. The Kier molecular flexibility index (Phi) is 5.30. The zero-order valence-electron chi connectivity index (χ0n) is 11.7. The van der Waals surface area contributed by atoms with E-state index >= 15 is 0 Å². The van der Waals surface area contributed by atoms with E-state index in [-0.39, 0.29) is 23.5 Å². The third kappa shape index (κ3) is 3.67. The highest BCUT2D eigenvalue weighted by Crippen LogP contribution is 2.24. The maximum atomic E-state index is 12.1. The highest BCUT2D eigenvalue weighted by atomic mass is 16.3. The molecule has 0 aliphatic rings. The van der Waals surface area contributed by atoms with Gasteiger partial charge in [0.15, 0.2) is 0 Å². The third-order valence-electron chi connectivity index (χ3n) is 3.84. The van der Waals surface area contributed by atoms with Crippen LogP contribution in [0.2, 0.25) is 0 Å². The van der Waals surface area contributed by atoms with Crippen molar-refractivity contribution in [1.29, 1.82) is 0 Å². The molecule has 1 aromatic rings. The lowest BCUT2D eigenvalue weighted by Crippen LogP contribution is -2.39. The zero-order valence-corrected chi connectivity index (χ0v) is 11.7. The molecule has 3 N–H and O–H groups in total. The van der Waals surface area contributed by atoms with Gasteiger partial charge in [-0.05, 0) is 25.3 Å². The van der Waals surface area contributed by atoms with Crippen molar-refractivity contribution in [2.45, 2.75) is 33.6 Å². The van der Waals surface area contributed by atoms with Crippen molar-refractivity contribution in [3.8, 4) is 0 Å². The average molecular weight is 266 g/mol. The number of rotatable bonds is 6. The fraction of sp³-hybridized carbons (Fsp3) is 0.571. The van der Waals surface area contributed by atoms with Crippen molar-refractivity contribution >= 4 is 5.91 Å². The van der Waals surface area contributed by atoms with Crippen LogP contribution in [0.25, 0.3) is 0 Å². The second kappa shape index (κ2) is 6.52. The van der Waals surface area contributed by atoms with Gasteiger partial charge in [-0.1, -0.05) is 13.8 Å². The van der Waals surface area contributed by atoms with Crippen LogP contribution >= 0.6 is 0 Å². The molecule has 19 heavy (non-hydrogen) atoms. The fourth-order valence-corrected chi connectivity index (χ4v) is 1.96. The average Bonchev–Trinajstić information content (AvgIpc) is 2.40. The summed E-state index contributed by atoms with van der Waals surface area (Å²) in [7, 11) is 0. The summed E-state index contributed by atoms with van der Waals surface area (Å²) in [5, 5.41) is 12.3. The number of aromatic amines is 1. The van der Waals surface area contributed by atoms with Crippen LogP contribution in [0.1, 0.15) is 42.6 Å². The maximum absolute atomic E-state index is 12.1. The van der Waals surface area contributed by atoms with E-state index in [0.29, 0.717) is 17.7 Å². The van der Waals surface area contributed by atoms with Gasteiger partial charge in [0.25, 0.3) is 5.91 Å². The Balaban J connectivity index is 2.77. The second-order valence-corrected chi connectivity index (χ2v) is 4.94. The van der Waals surface area contributed by atoms with Gasteiger partial charge in [-0.25, -0.2) is 0 Å². The van der Waals surface area contributed by atoms with Crippen LogP contribution in [-0.2, 0) is 0 Å². The number of hydrogen-bond acceptors (Lipinski definition) is 3. The Morgan fingerprint density at radius 2 is 2.05 bits per heavy atom. The smallest absolute Gasteiger partial charge is 0.253 e. The van der Waals surface area contributed by atoms with Crippen LogP contribution in [0.4, 0.5) is 0 Å². The number of H-pyrrole nitrogens is 1. The van der Waals surface area contributed by atoms with Gasteiger partial charge in [-0.2, -0.15) is 0 Å². The Morgan fingerprint density at radius 1 is 1.42 bits per heavy atom. The molecule has 0 radical (unpaired) electrons. The number of pyridine rings is 1. The maximum Gasteiger partial charge on any atom is 0.253 e. The molecule has 0 aliphatic carbocycles. The van der Waals surface area contributed by atoms with Crippen molar-refractivity contribution in [2.75, 3.05) is 13.2 Å². The van der Waals surface area contributed by atoms with Crippen LogP contribution in [0.15, 0.2) is 17.1 Å². The minimum absolute atomic E-state index is 0.0465. The minimum Gasteiger partial charge on any atom is -0.396 e. The Morgan fingerprint density at radius 3 is 2.53 bits per heavy atom. The summed E-state index contributed by atoms with van der Waals surface area (Å²) in [4.78, 5) is 25.7. The molecule has 0 saturated carbocycles. The van der Waals surface area contributed by atoms with Gasteiger partial charge >= 0.3 is 0 Å². The summed E-state index contributed by atoms with van der Waals surface area (Å²) in [5.41, 5.74) is 0.606. The molecule has 0 saturated heterocycles. The summed E-state index contributed by atoms with van der Waals surface area (Å²) in [5.74, 6) is -0.228. The molecule has 0 spiro atoms. The first kappa shape index (κ1) is 15.4. The standard InChI is InChI=1S/C14H22N2O3/c1-4-14(5-2,9-17)8-16-13(19)11-7-15-12(18)6-10(11)3/h6-7,17H,4-5,8-9H2,1-3H3,(H,15,18)(H,16,19). The van der Waals surface area contributed by atoms with E-state index in [1.54, 1.807) is 6.92 Å². The number of hydrogen-bond donors (Lipinski definition) is 3. The van der Waals surface area contributed by atoms with Crippen molar-refractivity contribution in [3.05, 3.63) is 33.7 Å². The van der Waals surface area contributed by atoms with Gasteiger partial charge < -0.3 is 15.4 Å². The number of carbonyl (C=O) groups is 1. The first-order valence-corrected chi connectivity index (χ1v) is 6.56.